The summed E-state index contributed by atoms with van der Waals surface area (Å²) in [5, 5.41) is 3.63. The molecule has 1 heterocycles. The molecule has 0 amide bonds. The largest absolute Gasteiger partial charge is 0.353 e. The lowest BCUT2D eigenvalue weighted by Gasteiger charge is -2.22. The van der Waals surface area contributed by atoms with Crippen molar-refractivity contribution in [2.45, 2.75) is 32.0 Å². The number of ether oxygens (including phenoxy) is 2. The molecule has 6 heteroatoms. The van der Waals surface area contributed by atoms with Gasteiger partial charge in [0, 0.05) is 19.4 Å². The van der Waals surface area contributed by atoms with Crippen LogP contribution >= 0.6 is 0 Å². The molecular formula is C11H22N4O2. The Labute approximate surface area is 102 Å². The summed E-state index contributed by atoms with van der Waals surface area (Å²) in [4.78, 5) is 4.16. The van der Waals surface area contributed by atoms with Crippen LogP contribution in [0.4, 0.5) is 0 Å². The van der Waals surface area contributed by atoms with Crippen LogP contribution in [0.15, 0.2) is 10.1 Å². The fourth-order valence-electron chi connectivity index (χ4n) is 1.48. The van der Waals surface area contributed by atoms with Gasteiger partial charge in [-0.15, -0.1) is 0 Å². The summed E-state index contributed by atoms with van der Waals surface area (Å²) in [6.45, 7) is 2.44. The fraction of sp³-hybridized carbons (Fsp3) is 0.818. The Morgan fingerprint density at radius 1 is 1.47 bits per heavy atom. The van der Waals surface area contributed by atoms with Gasteiger partial charge in [0.1, 0.15) is 5.71 Å². The molecule has 0 bridgehead atoms. The monoisotopic (exact) mass is 242 g/mol. The van der Waals surface area contributed by atoms with Gasteiger partial charge in [-0.1, -0.05) is 0 Å². The van der Waals surface area contributed by atoms with Crippen molar-refractivity contribution < 1.29 is 9.47 Å². The Bertz CT molecular complexity index is 250. The van der Waals surface area contributed by atoms with Crippen molar-refractivity contribution >= 4 is 11.9 Å². The Kier molecular flexibility index (Phi) is 7.53. The molecule has 6 nitrogen and oxygen atoms in total. The summed E-state index contributed by atoms with van der Waals surface area (Å²) in [5.41, 5.74) is 5.99. The molecule has 1 fully saturated rings. The van der Waals surface area contributed by atoms with Gasteiger partial charge >= 0.3 is 0 Å². The summed E-state index contributed by atoms with van der Waals surface area (Å²) in [6.07, 6.45) is 5.56. The van der Waals surface area contributed by atoms with Gasteiger partial charge in [0.25, 0.3) is 0 Å². The topological polar surface area (TPSA) is 95.2 Å². The minimum absolute atomic E-state index is 0.127. The van der Waals surface area contributed by atoms with Crippen LogP contribution < -0.4 is 11.6 Å². The summed E-state index contributed by atoms with van der Waals surface area (Å²) in [6, 6.07) is 0. The molecule has 4 N–H and O–H groups in total. The second kappa shape index (κ2) is 9.09. The highest BCUT2D eigenvalue weighted by Crippen LogP contribution is 2.13. The lowest BCUT2D eigenvalue weighted by atomic mass is 10.2. The van der Waals surface area contributed by atoms with Crippen molar-refractivity contribution in [2.24, 2.45) is 21.7 Å². The molecule has 1 aliphatic rings. The van der Waals surface area contributed by atoms with Gasteiger partial charge in [-0.2, -0.15) is 5.10 Å². The van der Waals surface area contributed by atoms with Gasteiger partial charge in [-0.3, -0.25) is 4.99 Å². The molecule has 0 aromatic heterocycles. The minimum atomic E-state index is -0.127. The summed E-state index contributed by atoms with van der Waals surface area (Å²) >= 11 is 0. The zero-order chi connectivity index (χ0) is 12.3. The van der Waals surface area contributed by atoms with Crippen molar-refractivity contribution in [3.63, 3.8) is 0 Å². The number of hydrazone groups is 1. The second-order valence-corrected chi connectivity index (χ2v) is 3.91. The predicted octanol–water partition coefficient (Wildman–Crippen LogP) is 0.264. The highest BCUT2D eigenvalue weighted by atomic mass is 16.7. The van der Waals surface area contributed by atoms with Crippen LogP contribution in [0.2, 0.25) is 0 Å². The minimum Gasteiger partial charge on any atom is -0.353 e. The summed E-state index contributed by atoms with van der Waals surface area (Å²) in [7, 11) is 0. The van der Waals surface area contributed by atoms with Crippen LogP contribution in [0.5, 0.6) is 0 Å². The first-order chi connectivity index (χ1) is 8.36. The fourth-order valence-corrected chi connectivity index (χ4v) is 1.48. The van der Waals surface area contributed by atoms with Crippen molar-refractivity contribution in [1.29, 1.82) is 0 Å². The predicted molar refractivity (Wildman–Crippen MR) is 68.2 cm³/mol. The maximum Gasteiger partial charge on any atom is 0.158 e. The summed E-state index contributed by atoms with van der Waals surface area (Å²) < 4.78 is 11.0. The maximum absolute atomic E-state index is 5.54. The highest BCUT2D eigenvalue weighted by Gasteiger charge is 2.14. The molecule has 1 rings (SSSR count). The molecule has 1 aliphatic heterocycles. The Morgan fingerprint density at radius 2 is 2.35 bits per heavy atom. The van der Waals surface area contributed by atoms with E-state index in [9.17, 15) is 0 Å². The van der Waals surface area contributed by atoms with E-state index in [2.05, 4.69) is 10.1 Å². The number of rotatable bonds is 7. The lowest BCUT2D eigenvalue weighted by molar-refractivity contribution is -0.152. The van der Waals surface area contributed by atoms with E-state index in [1.165, 1.54) is 0 Å². The molecule has 1 saturated heterocycles. The van der Waals surface area contributed by atoms with E-state index in [1.807, 2.05) is 0 Å². The third kappa shape index (κ3) is 6.35. The van der Waals surface area contributed by atoms with Crippen molar-refractivity contribution in [2.75, 3.05) is 26.3 Å². The number of aliphatic imine (C=N–C) groups is 1. The Hall–Kier alpha value is -0.980. The molecular weight excluding hydrogens is 220 g/mol. The third-order valence-electron chi connectivity index (χ3n) is 2.45. The molecule has 0 aromatic carbocycles. The third-order valence-corrected chi connectivity index (χ3v) is 2.45. The molecule has 0 radical (unpaired) electrons. The van der Waals surface area contributed by atoms with Gasteiger partial charge in [-0.25, -0.2) is 0 Å². The van der Waals surface area contributed by atoms with E-state index in [0.29, 0.717) is 25.4 Å². The molecule has 1 atom stereocenters. The maximum atomic E-state index is 5.54. The summed E-state index contributed by atoms with van der Waals surface area (Å²) in [5.74, 6) is 5.25. The first-order valence-corrected chi connectivity index (χ1v) is 6.06. The van der Waals surface area contributed by atoms with Crippen LogP contribution in [0, 0.1) is 0 Å². The molecule has 0 spiro atoms. The Balaban J connectivity index is 2.19. The first-order valence-electron chi connectivity index (χ1n) is 6.06. The van der Waals surface area contributed by atoms with Gasteiger partial charge < -0.3 is 21.1 Å². The number of hydrogen-bond acceptors (Lipinski definition) is 6. The zero-order valence-corrected chi connectivity index (χ0v) is 10.2. The van der Waals surface area contributed by atoms with Gasteiger partial charge in [-0.05, 0) is 32.2 Å². The molecule has 98 valence electrons. The van der Waals surface area contributed by atoms with E-state index in [1.54, 1.807) is 6.21 Å². The molecule has 0 saturated carbocycles. The van der Waals surface area contributed by atoms with E-state index in [0.717, 1.165) is 32.3 Å². The standard InChI is InChI=1S/C11H22N4O2/c12-5-3-6-14-8-10(15-13)9-17-11-4-1-2-7-16-11/h8,11H,1-7,9,12-13H2. The average Bonchev–Trinajstić information content (AvgIpc) is 2.39. The zero-order valence-electron chi connectivity index (χ0n) is 10.2. The van der Waals surface area contributed by atoms with Crippen LogP contribution in [0.25, 0.3) is 0 Å². The number of nitrogens with zero attached hydrogens (tertiary/aromatic N) is 2. The van der Waals surface area contributed by atoms with Crippen LogP contribution in [0.1, 0.15) is 25.7 Å². The molecule has 1 unspecified atom stereocenters. The van der Waals surface area contributed by atoms with Crippen LogP contribution in [0.3, 0.4) is 0 Å². The first kappa shape index (κ1) is 14.1. The normalized spacial score (nSPS) is 22.2. The number of nitrogens with two attached hydrogens (primary N) is 2. The van der Waals surface area contributed by atoms with E-state index in [-0.39, 0.29) is 6.29 Å². The molecule has 0 aromatic rings. The lowest BCUT2D eigenvalue weighted by Crippen LogP contribution is -2.26. The quantitative estimate of drug-likeness (QED) is 0.290. The van der Waals surface area contributed by atoms with E-state index in [4.69, 9.17) is 21.1 Å². The highest BCUT2D eigenvalue weighted by molar-refractivity contribution is 6.31. The molecule has 17 heavy (non-hydrogen) atoms. The average molecular weight is 242 g/mol. The Morgan fingerprint density at radius 3 is 3.00 bits per heavy atom. The van der Waals surface area contributed by atoms with Crippen molar-refractivity contribution in [3.05, 3.63) is 0 Å². The van der Waals surface area contributed by atoms with Crippen molar-refractivity contribution in [1.82, 2.24) is 0 Å². The second-order valence-electron chi connectivity index (χ2n) is 3.91. The van der Waals surface area contributed by atoms with Crippen molar-refractivity contribution in [3.8, 4) is 0 Å². The SMILES string of the molecule is NCCCN=CC(COC1CCCCO1)=NN. The smallest absolute Gasteiger partial charge is 0.158 e. The van der Waals surface area contributed by atoms with Gasteiger partial charge in [0.15, 0.2) is 6.29 Å². The molecule has 0 aliphatic carbocycles. The van der Waals surface area contributed by atoms with Gasteiger partial charge in [0.2, 0.25) is 0 Å². The van der Waals surface area contributed by atoms with Gasteiger partial charge in [0.05, 0.1) is 6.61 Å². The van der Waals surface area contributed by atoms with Crippen LogP contribution in [-0.4, -0.2) is 44.5 Å². The number of hydrogen-bond donors (Lipinski definition) is 2. The van der Waals surface area contributed by atoms with E-state index < -0.39 is 0 Å². The van der Waals surface area contributed by atoms with Crippen LogP contribution in [-0.2, 0) is 9.47 Å². The van der Waals surface area contributed by atoms with E-state index >= 15 is 0 Å².